The van der Waals surface area contributed by atoms with E-state index >= 15 is 0 Å². The van der Waals surface area contributed by atoms with Gasteiger partial charge in [-0.2, -0.15) is 5.10 Å². The Bertz CT molecular complexity index is 558. The molecule has 0 amide bonds. The SMILES string of the molecule is COc1ccc(Nc2nnccc2C(N)=S)cn1. The van der Waals surface area contributed by atoms with Crippen LogP contribution in [0.3, 0.4) is 0 Å². The van der Waals surface area contributed by atoms with Gasteiger partial charge in [-0.05, 0) is 12.1 Å². The molecular formula is C11H11N5OS. The summed E-state index contributed by atoms with van der Waals surface area (Å²) in [7, 11) is 1.56. The van der Waals surface area contributed by atoms with Gasteiger partial charge in [0.15, 0.2) is 5.82 Å². The van der Waals surface area contributed by atoms with E-state index in [0.29, 0.717) is 17.3 Å². The molecule has 0 fully saturated rings. The predicted molar refractivity (Wildman–Crippen MR) is 72.0 cm³/mol. The molecule has 3 N–H and O–H groups in total. The Morgan fingerprint density at radius 3 is 2.83 bits per heavy atom. The van der Waals surface area contributed by atoms with Gasteiger partial charge < -0.3 is 15.8 Å². The van der Waals surface area contributed by atoms with Gasteiger partial charge in [-0.3, -0.25) is 0 Å². The normalized spacial score (nSPS) is 9.83. The molecule has 0 radical (unpaired) electrons. The minimum atomic E-state index is 0.258. The summed E-state index contributed by atoms with van der Waals surface area (Å²) < 4.78 is 4.97. The summed E-state index contributed by atoms with van der Waals surface area (Å²) in [5, 5.41) is 10.8. The van der Waals surface area contributed by atoms with Crippen LogP contribution < -0.4 is 15.8 Å². The Kier molecular flexibility index (Phi) is 3.63. The lowest BCUT2D eigenvalue weighted by molar-refractivity contribution is 0.398. The molecule has 0 aliphatic rings. The first-order chi connectivity index (χ1) is 8.70. The minimum Gasteiger partial charge on any atom is -0.481 e. The highest BCUT2D eigenvalue weighted by Gasteiger charge is 2.07. The largest absolute Gasteiger partial charge is 0.481 e. The van der Waals surface area contributed by atoms with Gasteiger partial charge in [0, 0.05) is 6.07 Å². The lowest BCUT2D eigenvalue weighted by Crippen LogP contribution is -2.13. The maximum atomic E-state index is 5.60. The van der Waals surface area contributed by atoms with Crippen LogP contribution >= 0.6 is 12.2 Å². The Labute approximate surface area is 109 Å². The number of nitrogens with zero attached hydrogens (tertiary/aromatic N) is 3. The van der Waals surface area contributed by atoms with E-state index in [1.165, 1.54) is 6.20 Å². The first-order valence-electron chi connectivity index (χ1n) is 5.09. The molecule has 7 heteroatoms. The van der Waals surface area contributed by atoms with Crippen molar-refractivity contribution >= 4 is 28.7 Å². The molecule has 0 unspecified atom stereocenters. The summed E-state index contributed by atoms with van der Waals surface area (Å²) in [6, 6.07) is 5.25. The van der Waals surface area contributed by atoms with E-state index in [9.17, 15) is 0 Å². The summed E-state index contributed by atoms with van der Waals surface area (Å²) in [4.78, 5) is 4.33. The van der Waals surface area contributed by atoms with E-state index in [1.807, 2.05) is 6.07 Å². The van der Waals surface area contributed by atoms with Crippen LogP contribution in [0.4, 0.5) is 11.5 Å². The van der Waals surface area contributed by atoms with Crippen LogP contribution in [0.25, 0.3) is 0 Å². The highest BCUT2D eigenvalue weighted by molar-refractivity contribution is 7.80. The molecule has 0 spiro atoms. The molecule has 2 rings (SSSR count). The van der Waals surface area contributed by atoms with Gasteiger partial charge in [0.1, 0.15) is 4.99 Å². The summed E-state index contributed by atoms with van der Waals surface area (Å²) in [6.07, 6.45) is 3.16. The van der Waals surface area contributed by atoms with E-state index in [0.717, 1.165) is 5.69 Å². The quantitative estimate of drug-likeness (QED) is 0.801. The Hall–Kier alpha value is -2.28. The number of aromatic nitrogens is 3. The third-order valence-electron chi connectivity index (χ3n) is 2.19. The fourth-order valence-corrected chi connectivity index (χ4v) is 1.50. The van der Waals surface area contributed by atoms with Crippen molar-refractivity contribution in [2.75, 3.05) is 12.4 Å². The van der Waals surface area contributed by atoms with Crippen molar-refractivity contribution in [2.45, 2.75) is 0 Å². The molecule has 6 nitrogen and oxygen atoms in total. The van der Waals surface area contributed by atoms with Crippen molar-refractivity contribution < 1.29 is 4.74 Å². The van der Waals surface area contributed by atoms with Crippen LogP contribution in [0.15, 0.2) is 30.6 Å². The van der Waals surface area contributed by atoms with Gasteiger partial charge in [0.25, 0.3) is 0 Å². The zero-order chi connectivity index (χ0) is 13.0. The maximum Gasteiger partial charge on any atom is 0.213 e. The van der Waals surface area contributed by atoms with E-state index < -0.39 is 0 Å². The number of nitrogens with one attached hydrogen (secondary N) is 1. The fraction of sp³-hybridized carbons (Fsp3) is 0.0909. The van der Waals surface area contributed by atoms with Crippen molar-refractivity contribution in [3.63, 3.8) is 0 Å². The van der Waals surface area contributed by atoms with Gasteiger partial charge in [0.05, 0.1) is 30.8 Å². The summed E-state index contributed by atoms with van der Waals surface area (Å²) >= 11 is 4.94. The lowest BCUT2D eigenvalue weighted by atomic mass is 10.2. The zero-order valence-electron chi connectivity index (χ0n) is 9.62. The topological polar surface area (TPSA) is 86.0 Å². The van der Waals surface area contributed by atoms with Crippen LogP contribution in [-0.2, 0) is 0 Å². The second kappa shape index (κ2) is 5.37. The second-order valence-corrected chi connectivity index (χ2v) is 3.81. The van der Waals surface area contributed by atoms with Gasteiger partial charge in [-0.1, -0.05) is 12.2 Å². The minimum absolute atomic E-state index is 0.258. The van der Waals surface area contributed by atoms with Crippen LogP contribution in [-0.4, -0.2) is 27.3 Å². The van der Waals surface area contributed by atoms with E-state index in [4.69, 9.17) is 22.7 Å². The molecule has 0 atom stereocenters. The first-order valence-corrected chi connectivity index (χ1v) is 5.50. The zero-order valence-corrected chi connectivity index (χ0v) is 10.4. The number of thiocarbonyl (C=S) groups is 1. The van der Waals surface area contributed by atoms with E-state index in [-0.39, 0.29) is 4.99 Å². The predicted octanol–water partition coefficient (Wildman–Crippen LogP) is 1.26. The van der Waals surface area contributed by atoms with Crippen LogP contribution in [0.1, 0.15) is 5.56 Å². The molecule has 0 aliphatic heterocycles. The Morgan fingerprint density at radius 2 is 2.22 bits per heavy atom. The fourth-order valence-electron chi connectivity index (χ4n) is 1.33. The Morgan fingerprint density at radius 1 is 1.39 bits per heavy atom. The maximum absolute atomic E-state index is 5.60. The first kappa shape index (κ1) is 12.2. The highest BCUT2D eigenvalue weighted by atomic mass is 32.1. The van der Waals surface area contributed by atoms with Crippen molar-refractivity contribution in [3.05, 3.63) is 36.2 Å². The lowest BCUT2D eigenvalue weighted by Gasteiger charge is -2.08. The molecule has 2 aromatic rings. The van der Waals surface area contributed by atoms with Crippen molar-refractivity contribution in [1.82, 2.24) is 15.2 Å². The van der Waals surface area contributed by atoms with Crippen LogP contribution in [0.5, 0.6) is 5.88 Å². The van der Waals surface area contributed by atoms with Crippen LogP contribution in [0, 0.1) is 0 Å². The average molecular weight is 261 g/mol. The van der Waals surface area contributed by atoms with E-state index in [1.54, 1.807) is 25.4 Å². The van der Waals surface area contributed by atoms with Gasteiger partial charge >= 0.3 is 0 Å². The summed E-state index contributed by atoms with van der Waals surface area (Å²) in [6.45, 7) is 0. The van der Waals surface area contributed by atoms with E-state index in [2.05, 4.69) is 20.5 Å². The number of nitrogens with two attached hydrogens (primary N) is 1. The van der Waals surface area contributed by atoms with Crippen molar-refractivity contribution in [2.24, 2.45) is 5.73 Å². The molecule has 2 aromatic heterocycles. The van der Waals surface area contributed by atoms with Gasteiger partial charge in [0.2, 0.25) is 5.88 Å². The van der Waals surface area contributed by atoms with Crippen molar-refractivity contribution in [1.29, 1.82) is 0 Å². The summed E-state index contributed by atoms with van der Waals surface area (Å²) in [5.74, 6) is 1.03. The number of pyridine rings is 1. The molecule has 2 heterocycles. The third-order valence-corrected chi connectivity index (χ3v) is 2.41. The highest BCUT2D eigenvalue weighted by Crippen LogP contribution is 2.18. The number of methoxy groups -OCH3 is 1. The van der Waals surface area contributed by atoms with Crippen molar-refractivity contribution in [3.8, 4) is 5.88 Å². The third kappa shape index (κ3) is 2.69. The summed E-state index contributed by atoms with van der Waals surface area (Å²) in [5.41, 5.74) is 6.98. The number of ether oxygens (including phenoxy) is 1. The van der Waals surface area contributed by atoms with Crippen LogP contribution in [0.2, 0.25) is 0 Å². The molecule has 0 aliphatic carbocycles. The molecule has 0 saturated carbocycles. The second-order valence-electron chi connectivity index (χ2n) is 3.37. The molecule has 0 bridgehead atoms. The standard InChI is InChI=1S/C11H11N5OS/c1-17-9-3-2-7(6-13-9)15-11-8(10(12)18)4-5-14-16-11/h2-6H,1H3,(H2,12,18)(H,15,16). The monoisotopic (exact) mass is 261 g/mol. The molecule has 0 saturated heterocycles. The average Bonchev–Trinajstić information content (AvgIpc) is 2.40. The Balaban J connectivity index is 2.25. The number of rotatable bonds is 4. The molecule has 0 aromatic carbocycles. The number of hydrogen-bond donors (Lipinski definition) is 2. The molecule has 92 valence electrons. The van der Waals surface area contributed by atoms with Gasteiger partial charge in [-0.25, -0.2) is 4.98 Å². The molecule has 18 heavy (non-hydrogen) atoms. The smallest absolute Gasteiger partial charge is 0.213 e. The number of anilines is 2. The molecular weight excluding hydrogens is 250 g/mol. The van der Waals surface area contributed by atoms with Gasteiger partial charge in [-0.15, -0.1) is 5.10 Å². The number of hydrogen-bond acceptors (Lipinski definition) is 6.